The van der Waals surface area contributed by atoms with Gasteiger partial charge in [-0.1, -0.05) is 21.9 Å². The fourth-order valence-corrected chi connectivity index (χ4v) is 0.609. The van der Waals surface area contributed by atoms with Crippen LogP contribution in [0, 0.1) is 12.0 Å². The van der Waals surface area contributed by atoms with Crippen molar-refractivity contribution in [2.24, 2.45) is 0 Å². The van der Waals surface area contributed by atoms with Crippen LogP contribution >= 0.6 is 15.9 Å². The average molecular weight is 207 g/mol. The average Bonchev–Trinajstić information content (AvgIpc) is 1.97. The summed E-state index contributed by atoms with van der Waals surface area (Å²) in [5.41, 5.74) is 0. The molecule has 58 valence electrons. The molecule has 0 aliphatic rings. The molecule has 0 amide bonds. The largest absolute Gasteiger partial charge is 0.444 e. The van der Waals surface area contributed by atoms with Crippen molar-refractivity contribution < 1.29 is 9.47 Å². The number of alkyl halides is 1. The minimum absolute atomic E-state index is 0.549. The summed E-state index contributed by atoms with van der Waals surface area (Å²) in [5.74, 6) is 2.62. The third-order valence-electron chi connectivity index (χ3n) is 0.725. The van der Waals surface area contributed by atoms with E-state index in [2.05, 4.69) is 28.0 Å². The zero-order valence-electron chi connectivity index (χ0n) is 6.02. The Bertz CT molecular complexity index is 115. The van der Waals surface area contributed by atoms with E-state index in [0.29, 0.717) is 13.2 Å². The maximum absolute atomic E-state index is 5.09. The maximum atomic E-state index is 5.09. The predicted octanol–water partition coefficient (Wildman–Crippen LogP) is 1.40. The van der Waals surface area contributed by atoms with Crippen molar-refractivity contribution in [1.29, 1.82) is 0 Å². The van der Waals surface area contributed by atoms with Crippen LogP contribution in [0.15, 0.2) is 0 Å². The van der Waals surface area contributed by atoms with E-state index in [9.17, 15) is 0 Å². The van der Waals surface area contributed by atoms with Gasteiger partial charge in [0.25, 0.3) is 0 Å². The molecule has 0 aliphatic heterocycles. The first-order chi connectivity index (χ1) is 4.91. The van der Waals surface area contributed by atoms with Crippen LogP contribution in [-0.2, 0) is 9.47 Å². The van der Waals surface area contributed by atoms with E-state index < -0.39 is 0 Å². The van der Waals surface area contributed by atoms with E-state index in [1.165, 1.54) is 0 Å². The van der Waals surface area contributed by atoms with Crippen LogP contribution in [-0.4, -0.2) is 25.2 Å². The highest BCUT2D eigenvalue weighted by Gasteiger charge is 1.84. The highest BCUT2D eigenvalue weighted by molar-refractivity contribution is 9.09. The summed E-state index contributed by atoms with van der Waals surface area (Å²) in [5, 5.41) is 0.868. The number of hydrogen-bond donors (Lipinski definition) is 0. The molecule has 0 fully saturated rings. The van der Waals surface area contributed by atoms with Gasteiger partial charge in [-0.2, -0.15) is 0 Å². The SMILES string of the molecule is CC#COCCOCCBr. The van der Waals surface area contributed by atoms with Crippen molar-refractivity contribution in [3.05, 3.63) is 0 Å². The van der Waals surface area contributed by atoms with Gasteiger partial charge in [0.05, 0.1) is 13.2 Å². The third kappa shape index (κ3) is 7.80. The Kier molecular flexibility index (Phi) is 8.62. The Hall–Kier alpha value is -0.200. The highest BCUT2D eigenvalue weighted by Crippen LogP contribution is 1.81. The second-order valence-electron chi connectivity index (χ2n) is 1.50. The third-order valence-corrected chi connectivity index (χ3v) is 1.05. The number of rotatable bonds is 5. The quantitative estimate of drug-likeness (QED) is 0.385. The monoisotopic (exact) mass is 206 g/mol. The van der Waals surface area contributed by atoms with Gasteiger partial charge in [0.2, 0.25) is 0 Å². The molecule has 2 nitrogen and oxygen atoms in total. The molecule has 0 rings (SSSR count). The Morgan fingerprint density at radius 1 is 1.30 bits per heavy atom. The van der Waals surface area contributed by atoms with Crippen LogP contribution in [0.4, 0.5) is 0 Å². The van der Waals surface area contributed by atoms with Gasteiger partial charge in [-0.15, -0.1) is 0 Å². The molecule has 0 aliphatic carbocycles. The summed E-state index contributed by atoms with van der Waals surface area (Å²) < 4.78 is 9.92. The van der Waals surface area contributed by atoms with Crippen molar-refractivity contribution >= 4 is 15.9 Å². The van der Waals surface area contributed by atoms with Gasteiger partial charge in [-0.3, -0.25) is 0 Å². The summed E-state index contributed by atoms with van der Waals surface area (Å²) >= 11 is 3.24. The molecule has 10 heavy (non-hydrogen) atoms. The molecule has 0 saturated heterocycles. The lowest BCUT2D eigenvalue weighted by molar-refractivity contribution is 0.102. The van der Waals surface area contributed by atoms with E-state index in [-0.39, 0.29) is 0 Å². The molecule has 0 heterocycles. The zero-order chi connectivity index (χ0) is 7.66. The van der Waals surface area contributed by atoms with Gasteiger partial charge in [-0.25, -0.2) is 0 Å². The minimum Gasteiger partial charge on any atom is -0.444 e. The second-order valence-corrected chi connectivity index (χ2v) is 2.29. The molecule has 3 heteroatoms. The molecule has 0 aromatic rings. The molecule has 0 unspecified atom stereocenters. The van der Waals surface area contributed by atoms with E-state index >= 15 is 0 Å². The number of halogens is 1. The van der Waals surface area contributed by atoms with Crippen molar-refractivity contribution in [3.8, 4) is 12.0 Å². The first kappa shape index (κ1) is 9.80. The molecule has 0 N–H and O–H groups in total. The Morgan fingerprint density at radius 3 is 2.70 bits per heavy atom. The zero-order valence-corrected chi connectivity index (χ0v) is 7.61. The molecule has 0 aromatic carbocycles. The molecule has 0 spiro atoms. The first-order valence-electron chi connectivity index (χ1n) is 3.09. The van der Waals surface area contributed by atoms with E-state index in [4.69, 9.17) is 9.47 Å². The predicted molar refractivity (Wildman–Crippen MR) is 44.0 cm³/mol. The van der Waals surface area contributed by atoms with Crippen LogP contribution in [0.5, 0.6) is 0 Å². The van der Waals surface area contributed by atoms with E-state index in [0.717, 1.165) is 11.9 Å². The van der Waals surface area contributed by atoms with Gasteiger partial charge >= 0.3 is 0 Å². The Morgan fingerprint density at radius 2 is 2.10 bits per heavy atom. The summed E-state index contributed by atoms with van der Waals surface area (Å²) in [7, 11) is 0. The lowest BCUT2D eigenvalue weighted by Gasteiger charge is -1.98. The molecule has 0 saturated carbocycles. The minimum atomic E-state index is 0.549. The molecule has 0 radical (unpaired) electrons. The van der Waals surface area contributed by atoms with Crippen LogP contribution in [0.1, 0.15) is 6.92 Å². The van der Waals surface area contributed by atoms with Crippen molar-refractivity contribution in [3.63, 3.8) is 0 Å². The lowest BCUT2D eigenvalue weighted by atomic mass is 10.7. The lowest BCUT2D eigenvalue weighted by Crippen LogP contribution is -2.03. The van der Waals surface area contributed by atoms with Crippen LogP contribution in [0.2, 0.25) is 0 Å². The van der Waals surface area contributed by atoms with Gasteiger partial charge in [0.15, 0.2) is 0 Å². The fraction of sp³-hybridized carbons (Fsp3) is 0.714. The van der Waals surface area contributed by atoms with Crippen LogP contribution in [0.25, 0.3) is 0 Å². The topological polar surface area (TPSA) is 18.5 Å². The van der Waals surface area contributed by atoms with Crippen molar-refractivity contribution in [1.82, 2.24) is 0 Å². The summed E-state index contributed by atoms with van der Waals surface area (Å²) in [6.45, 7) is 3.62. The van der Waals surface area contributed by atoms with Gasteiger partial charge in [0, 0.05) is 12.3 Å². The van der Waals surface area contributed by atoms with Crippen molar-refractivity contribution in [2.45, 2.75) is 6.92 Å². The number of hydrogen-bond acceptors (Lipinski definition) is 2. The Balaban J connectivity index is 2.82. The molecule has 0 bridgehead atoms. The normalized spacial score (nSPS) is 8.20. The van der Waals surface area contributed by atoms with Gasteiger partial charge in [0.1, 0.15) is 12.7 Å². The van der Waals surface area contributed by atoms with Crippen LogP contribution in [0.3, 0.4) is 0 Å². The first-order valence-corrected chi connectivity index (χ1v) is 4.21. The molecular weight excluding hydrogens is 196 g/mol. The summed E-state index contributed by atoms with van der Waals surface area (Å²) in [4.78, 5) is 0. The Labute approximate surface area is 70.0 Å². The highest BCUT2D eigenvalue weighted by atomic mass is 79.9. The van der Waals surface area contributed by atoms with E-state index in [1.54, 1.807) is 6.92 Å². The smallest absolute Gasteiger partial charge is 0.123 e. The fourth-order valence-electron chi connectivity index (χ4n) is 0.380. The molecule has 0 atom stereocenters. The summed E-state index contributed by atoms with van der Waals surface area (Å²) in [6, 6.07) is 0. The van der Waals surface area contributed by atoms with Crippen molar-refractivity contribution in [2.75, 3.05) is 25.2 Å². The number of ether oxygens (including phenoxy) is 2. The van der Waals surface area contributed by atoms with E-state index in [1.807, 2.05) is 0 Å². The summed E-state index contributed by atoms with van der Waals surface area (Å²) in [6.07, 6.45) is 2.48. The van der Waals surface area contributed by atoms with Gasteiger partial charge < -0.3 is 9.47 Å². The molecule has 0 aromatic heterocycles. The maximum Gasteiger partial charge on any atom is 0.123 e. The van der Waals surface area contributed by atoms with Crippen LogP contribution < -0.4 is 0 Å². The van der Waals surface area contributed by atoms with Gasteiger partial charge in [-0.05, 0) is 0 Å². The standard InChI is InChI=1S/C7H11BrO2/c1-2-4-9-6-7-10-5-3-8/h3,5-7H2,1H3. The second kappa shape index (κ2) is 8.80. The molecular formula is C7H11BrO2.